The van der Waals surface area contributed by atoms with Crippen molar-refractivity contribution in [3.8, 4) is 0 Å². The van der Waals surface area contributed by atoms with Crippen LogP contribution in [0.3, 0.4) is 0 Å². The first kappa shape index (κ1) is 17.4. The van der Waals surface area contributed by atoms with E-state index >= 15 is 0 Å². The van der Waals surface area contributed by atoms with E-state index in [1.165, 1.54) is 16.4 Å². The Kier molecular flexibility index (Phi) is 5.96. The van der Waals surface area contributed by atoms with Crippen molar-refractivity contribution < 1.29 is 18.0 Å². The van der Waals surface area contributed by atoms with Crippen LogP contribution in [0.5, 0.6) is 0 Å². The Bertz CT molecular complexity index is 618. The van der Waals surface area contributed by atoms with Crippen molar-refractivity contribution in [3.05, 3.63) is 28.7 Å². The number of nitrogens with zero attached hydrogens (tertiary/aromatic N) is 1. The summed E-state index contributed by atoms with van der Waals surface area (Å²) in [6.07, 6.45) is 2.05. The summed E-state index contributed by atoms with van der Waals surface area (Å²) >= 11 is 3.28. The Morgan fingerprint density at radius 1 is 1.36 bits per heavy atom. The van der Waals surface area contributed by atoms with E-state index in [4.69, 9.17) is 4.84 Å². The van der Waals surface area contributed by atoms with Crippen LogP contribution >= 0.6 is 15.9 Å². The summed E-state index contributed by atoms with van der Waals surface area (Å²) in [6.45, 7) is 2.41. The van der Waals surface area contributed by atoms with Crippen molar-refractivity contribution in [2.45, 2.75) is 37.1 Å². The number of hydrogen-bond acceptors (Lipinski definition) is 4. The van der Waals surface area contributed by atoms with Gasteiger partial charge in [0.05, 0.1) is 11.5 Å². The number of carbonyl (C=O) groups is 1. The minimum atomic E-state index is -3.70. The second-order valence-electron chi connectivity index (χ2n) is 4.98. The van der Waals surface area contributed by atoms with Crippen molar-refractivity contribution in [1.29, 1.82) is 0 Å². The maximum Gasteiger partial charge on any atom is 0.261 e. The van der Waals surface area contributed by atoms with E-state index in [0.29, 0.717) is 19.6 Å². The van der Waals surface area contributed by atoms with Crippen molar-refractivity contribution >= 4 is 31.9 Å². The lowest BCUT2D eigenvalue weighted by molar-refractivity contribution is -0.138. The summed E-state index contributed by atoms with van der Waals surface area (Å²) < 4.78 is 27.6. The van der Waals surface area contributed by atoms with Crippen LogP contribution in [-0.2, 0) is 19.7 Å². The number of piperidine rings is 1. The smallest absolute Gasteiger partial charge is 0.261 e. The fourth-order valence-electron chi connectivity index (χ4n) is 2.41. The molecule has 0 aromatic heterocycles. The van der Waals surface area contributed by atoms with Gasteiger partial charge >= 0.3 is 0 Å². The summed E-state index contributed by atoms with van der Waals surface area (Å²) in [6, 6.07) is 5.68. The highest BCUT2D eigenvalue weighted by Gasteiger charge is 2.37. The number of benzene rings is 1. The molecule has 1 saturated heterocycles. The van der Waals surface area contributed by atoms with Gasteiger partial charge in [0.25, 0.3) is 5.91 Å². The van der Waals surface area contributed by atoms with E-state index in [1.54, 1.807) is 19.1 Å². The molecule has 1 atom stereocenters. The van der Waals surface area contributed by atoms with Crippen LogP contribution in [0.25, 0.3) is 0 Å². The van der Waals surface area contributed by atoms with E-state index in [9.17, 15) is 13.2 Å². The van der Waals surface area contributed by atoms with Crippen LogP contribution in [0.1, 0.15) is 26.2 Å². The summed E-state index contributed by atoms with van der Waals surface area (Å²) in [4.78, 5) is 17.2. The fraction of sp³-hybridized carbons (Fsp3) is 0.500. The Labute approximate surface area is 139 Å². The zero-order valence-corrected chi connectivity index (χ0v) is 14.7. The highest BCUT2D eigenvalue weighted by Crippen LogP contribution is 2.26. The summed E-state index contributed by atoms with van der Waals surface area (Å²) in [5.74, 6) is -0.415. The van der Waals surface area contributed by atoms with E-state index in [0.717, 1.165) is 17.3 Å². The quantitative estimate of drug-likeness (QED) is 0.780. The number of sulfonamides is 1. The molecule has 2 rings (SSSR count). The van der Waals surface area contributed by atoms with E-state index in [2.05, 4.69) is 21.4 Å². The van der Waals surface area contributed by atoms with Crippen LogP contribution in [0.15, 0.2) is 33.6 Å². The SMILES string of the molecule is CCONC(=O)C1CCCCN1S(=O)(=O)c1ccc(Br)cc1. The number of hydroxylamine groups is 1. The lowest BCUT2D eigenvalue weighted by atomic mass is 10.0. The molecular weight excluding hydrogens is 372 g/mol. The predicted molar refractivity (Wildman–Crippen MR) is 85.4 cm³/mol. The molecule has 1 fully saturated rings. The van der Waals surface area contributed by atoms with Crippen LogP contribution in [0, 0.1) is 0 Å². The molecular formula is C14H19BrN2O4S. The molecule has 8 heteroatoms. The Hall–Kier alpha value is -0.960. The third-order valence-corrected chi connectivity index (χ3v) is 5.94. The average Bonchev–Trinajstić information content (AvgIpc) is 2.53. The van der Waals surface area contributed by atoms with Gasteiger partial charge in [-0.3, -0.25) is 9.63 Å². The number of amides is 1. The Morgan fingerprint density at radius 3 is 2.68 bits per heavy atom. The number of nitrogens with one attached hydrogen (secondary N) is 1. The van der Waals surface area contributed by atoms with Crippen LogP contribution in [-0.4, -0.2) is 37.8 Å². The first-order chi connectivity index (χ1) is 10.5. The summed E-state index contributed by atoms with van der Waals surface area (Å²) in [5.41, 5.74) is 2.31. The Morgan fingerprint density at radius 2 is 2.05 bits per heavy atom. The molecule has 1 aromatic carbocycles. The first-order valence-electron chi connectivity index (χ1n) is 7.16. The molecule has 0 aliphatic carbocycles. The normalized spacial score (nSPS) is 19.8. The molecule has 0 saturated carbocycles. The monoisotopic (exact) mass is 390 g/mol. The number of carbonyl (C=O) groups excluding carboxylic acids is 1. The van der Waals surface area contributed by atoms with Gasteiger partial charge in [-0.15, -0.1) is 0 Å². The number of halogens is 1. The van der Waals surface area contributed by atoms with E-state index in [-0.39, 0.29) is 4.90 Å². The van der Waals surface area contributed by atoms with Crippen LogP contribution < -0.4 is 5.48 Å². The van der Waals surface area contributed by atoms with Gasteiger partial charge in [-0.25, -0.2) is 13.9 Å². The molecule has 1 aliphatic rings. The predicted octanol–water partition coefficient (Wildman–Crippen LogP) is 2.06. The maximum absolute atomic E-state index is 12.8. The Balaban J connectivity index is 2.26. The average molecular weight is 391 g/mol. The fourth-order valence-corrected chi connectivity index (χ4v) is 4.33. The minimum Gasteiger partial charge on any atom is -0.274 e. The highest BCUT2D eigenvalue weighted by molar-refractivity contribution is 9.10. The van der Waals surface area contributed by atoms with Gasteiger partial charge in [-0.1, -0.05) is 22.4 Å². The van der Waals surface area contributed by atoms with Gasteiger partial charge in [0, 0.05) is 11.0 Å². The minimum absolute atomic E-state index is 0.187. The third-order valence-electron chi connectivity index (χ3n) is 3.49. The second-order valence-corrected chi connectivity index (χ2v) is 7.79. The molecule has 22 heavy (non-hydrogen) atoms. The van der Waals surface area contributed by atoms with Gasteiger partial charge in [-0.05, 0) is 44.0 Å². The largest absolute Gasteiger partial charge is 0.274 e. The molecule has 0 spiro atoms. The molecule has 0 bridgehead atoms. The van der Waals surface area contributed by atoms with Gasteiger partial charge in [0.2, 0.25) is 10.0 Å². The molecule has 1 unspecified atom stereocenters. The zero-order chi connectivity index (χ0) is 16.2. The molecule has 0 radical (unpaired) electrons. The molecule has 1 heterocycles. The summed E-state index contributed by atoms with van der Waals surface area (Å²) in [5, 5.41) is 0. The summed E-state index contributed by atoms with van der Waals surface area (Å²) in [7, 11) is -3.70. The van der Waals surface area contributed by atoms with Crippen molar-refractivity contribution in [2.75, 3.05) is 13.2 Å². The molecule has 1 aliphatic heterocycles. The molecule has 6 nitrogen and oxygen atoms in total. The van der Waals surface area contributed by atoms with E-state index in [1.807, 2.05) is 0 Å². The van der Waals surface area contributed by atoms with Crippen molar-refractivity contribution in [1.82, 2.24) is 9.79 Å². The van der Waals surface area contributed by atoms with E-state index < -0.39 is 22.0 Å². The zero-order valence-electron chi connectivity index (χ0n) is 12.3. The first-order valence-corrected chi connectivity index (χ1v) is 9.39. The molecule has 1 aromatic rings. The number of rotatable bonds is 5. The van der Waals surface area contributed by atoms with Gasteiger partial charge in [0.15, 0.2) is 0 Å². The van der Waals surface area contributed by atoms with Gasteiger partial charge in [-0.2, -0.15) is 4.31 Å². The maximum atomic E-state index is 12.8. The standard InChI is InChI=1S/C14H19BrN2O4S/c1-2-21-16-14(18)13-5-3-4-10-17(13)22(19,20)12-8-6-11(15)7-9-12/h6-9,13H,2-5,10H2,1H3,(H,16,18). The molecule has 1 amide bonds. The van der Waals surface area contributed by atoms with Crippen LogP contribution in [0.4, 0.5) is 0 Å². The molecule has 122 valence electrons. The van der Waals surface area contributed by atoms with Crippen LogP contribution in [0.2, 0.25) is 0 Å². The topological polar surface area (TPSA) is 75.7 Å². The number of hydrogen-bond donors (Lipinski definition) is 1. The second kappa shape index (κ2) is 7.54. The van der Waals surface area contributed by atoms with Gasteiger partial charge in [0.1, 0.15) is 6.04 Å². The highest BCUT2D eigenvalue weighted by atomic mass is 79.9. The molecule has 1 N–H and O–H groups in total. The lowest BCUT2D eigenvalue weighted by Gasteiger charge is -2.33. The van der Waals surface area contributed by atoms with Crippen molar-refractivity contribution in [3.63, 3.8) is 0 Å². The van der Waals surface area contributed by atoms with Crippen molar-refractivity contribution in [2.24, 2.45) is 0 Å². The van der Waals surface area contributed by atoms with Gasteiger partial charge < -0.3 is 0 Å². The lowest BCUT2D eigenvalue weighted by Crippen LogP contribution is -2.51. The third kappa shape index (κ3) is 3.87.